The van der Waals surface area contributed by atoms with Gasteiger partial charge in [-0.2, -0.15) is 13.2 Å². The Hall–Kier alpha value is -2.12. The molecule has 92 valence electrons. The first-order chi connectivity index (χ1) is 7.71. The Kier molecular flexibility index (Phi) is 3.35. The molecule has 0 radical (unpaired) electrons. The normalized spacial score (nSPS) is 11.1. The van der Waals surface area contributed by atoms with Crippen LogP contribution in [0.5, 0.6) is 5.75 Å². The topological polar surface area (TPSA) is 66.4 Å². The van der Waals surface area contributed by atoms with Gasteiger partial charge < -0.3 is 5.11 Å². The minimum Gasteiger partial charge on any atom is -0.505 e. The predicted octanol–water partition coefficient (Wildman–Crippen LogP) is 1.35. The minimum atomic E-state index is -5.20. The van der Waals surface area contributed by atoms with E-state index in [1.54, 1.807) is 0 Å². The highest BCUT2D eigenvalue weighted by atomic mass is 19.4. The van der Waals surface area contributed by atoms with E-state index in [-0.39, 0.29) is 0 Å². The van der Waals surface area contributed by atoms with Crippen molar-refractivity contribution in [1.29, 1.82) is 0 Å². The van der Waals surface area contributed by atoms with E-state index >= 15 is 0 Å². The Bertz CT molecular complexity index is 470. The molecule has 0 aromatic heterocycles. The number of alkyl halides is 3. The molecule has 8 heteroatoms. The number of imide groups is 1. The van der Waals surface area contributed by atoms with E-state index in [9.17, 15) is 27.2 Å². The molecule has 0 bridgehead atoms. The van der Waals surface area contributed by atoms with Crippen LogP contribution < -0.4 is 5.32 Å². The maximum absolute atomic E-state index is 12.6. The van der Waals surface area contributed by atoms with Crippen molar-refractivity contribution in [3.63, 3.8) is 0 Å². The van der Waals surface area contributed by atoms with Crippen molar-refractivity contribution in [2.75, 3.05) is 0 Å². The number of amides is 2. The molecule has 4 nitrogen and oxygen atoms in total. The number of rotatable bonds is 1. The zero-order valence-electron chi connectivity index (χ0n) is 8.01. The fraction of sp³-hybridized carbons (Fsp3) is 0.111. The zero-order valence-corrected chi connectivity index (χ0v) is 8.01. The number of aromatic hydroxyl groups is 1. The summed E-state index contributed by atoms with van der Waals surface area (Å²) < 4.78 is 48.0. The molecule has 0 saturated heterocycles. The van der Waals surface area contributed by atoms with Gasteiger partial charge in [-0.15, -0.1) is 0 Å². The van der Waals surface area contributed by atoms with Gasteiger partial charge in [-0.05, 0) is 18.2 Å². The second-order valence-electron chi connectivity index (χ2n) is 2.95. The van der Waals surface area contributed by atoms with E-state index in [0.29, 0.717) is 12.1 Å². The van der Waals surface area contributed by atoms with Crippen molar-refractivity contribution in [3.8, 4) is 5.75 Å². The van der Waals surface area contributed by atoms with Gasteiger partial charge in [0, 0.05) is 5.56 Å². The average molecular weight is 251 g/mol. The van der Waals surface area contributed by atoms with E-state index in [4.69, 9.17) is 5.11 Å². The second kappa shape index (κ2) is 4.40. The zero-order chi connectivity index (χ0) is 13.2. The van der Waals surface area contributed by atoms with E-state index in [1.165, 1.54) is 0 Å². The van der Waals surface area contributed by atoms with Gasteiger partial charge in [-0.25, -0.2) is 4.39 Å². The molecular weight excluding hydrogens is 246 g/mol. The van der Waals surface area contributed by atoms with Gasteiger partial charge in [0.15, 0.2) is 11.6 Å². The van der Waals surface area contributed by atoms with Crippen LogP contribution in [-0.4, -0.2) is 23.1 Å². The molecule has 2 amide bonds. The summed E-state index contributed by atoms with van der Waals surface area (Å²) in [5.74, 6) is -5.77. The highest BCUT2D eigenvalue weighted by molar-refractivity contribution is 6.06. The third-order valence-corrected chi connectivity index (χ3v) is 1.69. The largest absolute Gasteiger partial charge is 0.505 e. The van der Waals surface area contributed by atoms with Gasteiger partial charge in [-0.1, -0.05) is 0 Å². The van der Waals surface area contributed by atoms with E-state index in [1.807, 2.05) is 0 Å². The molecule has 0 atom stereocenters. The average Bonchev–Trinajstić information content (AvgIpc) is 2.20. The van der Waals surface area contributed by atoms with Crippen LogP contribution in [-0.2, 0) is 4.79 Å². The monoisotopic (exact) mass is 251 g/mol. The van der Waals surface area contributed by atoms with Crippen LogP contribution in [0.15, 0.2) is 18.2 Å². The van der Waals surface area contributed by atoms with Gasteiger partial charge in [0.2, 0.25) is 0 Å². The van der Waals surface area contributed by atoms with Crippen molar-refractivity contribution in [2.45, 2.75) is 6.18 Å². The predicted molar refractivity (Wildman–Crippen MR) is 46.6 cm³/mol. The Morgan fingerprint density at radius 1 is 1.24 bits per heavy atom. The third kappa shape index (κ3) is 3.16. The fourth-order valence-electron chi connectivity index (χ4n) is 0.900. The molecular formula is C9H5F4NO3. The lowest BCUT2D eigenvalue weighted by atomic mass is 10.2. The first-order valence-corrected chi connectivity index (χ1v) is 4.13. The lowest BCUT2D eigenvalue weighted by molar-refractivity contribution is -0.172. The van der Waals surface area contributed by atoms with Gasteiger partial charge in [0.1, 0.15) is 0 Å². The fourth-order valence-corrected chi connectivity index (χ4v) is 0.900. The lowest BCUT2D eigenvalue weighted by Crippen LogP contribution is -2.40. The standard InChI is InChI=1S/C9H5F4NO3/c10-5-2-1-4(3-6(5)15)7(16)14-8(17)9(11,12)13/h1-3,15H,(H,14,16,17). The maximum Gasteiger partial charge on any atom is 0.471 e. The van der Waals surface area contributed by atoms with Crippen molar-refractivity contribution in [2.24, 2.45) is 0 Å². The van der Waals surface area contributed by atoms with Crippen LogP contribution >= 0.6 is 0 Å². The summed E-state index contributed by atoms with van der Waals surface area (Å²) in [4.78, 5) is 21.5. The number of phenolic OH excluding ortho intramolecular Hbond substituents is 1. The summed E-state index contributed by atoms with van der Waals surface area (Å²) in [6.07, 6.45) is -5.20. The molecule has 2 N–H and O–H groups in total. The summed E-state index contributed by atoms with van der Waals surface area (Å²) in [7, 11) is 0. The van der Waals surface area contributed by atoms with Crippen molar-refractivity contribution in [3.05, 3.63) is 29.6 Å². The van der Waals surface area contributed by atoms with E-state index in [0.717, 1.165) is 11.4 Å². The molecule has 1 aromatic rings. The van der Waals surface area contributed by atoms with Gasteiger partial charge in [0.25, 0.3) is 5.91 Å². The Labute approximate surface area is 91.9 Å². The summed E-state index contributed by atoms with van der Waals surface area (Å²) in [6, 6.07) is 2.12. The molecule has 0 fully saturated rings. The van der Waals surface area contributed by atoms with Crippen molar-refractivity contribution in [1.82, 2.24) is 5.32 Å². The molecule has 0 saturated carbocycles. The van der Waals surface area contributed by atoms with Crippen LogP contribution in [0.1, 0.15) is 10.4 Å². The number of nitrogens with one attached hydrogen (secondary N) is 1. The molecule has 0 aliphatic carbocycles. The van der Waals surface area contributed by atoms with Crippen molar-refractivity contribution >= 4 is 11.8 Å². The van der Waals surface area contributed by atoms with E-state index in [2.05, 4.69) is 0 Å². The van der Waals surface area contributed by atoms with E-state index < -0.39 is 35.1 Å². The van der Waals surface area contributed by atoms with Crippen LogP contribution in [0.4, 0.5) is 17.6 Å². The number of phenols is 1. The third-order valence-electron chi connectivity index (χ3n) is 1.69. The summed E-state index contributed by atoms with van der Waals surface area (Å²) in [6.45, 7) is 0. The van der Waals surface area contributed by atoms with Crippen LogP contribution in [0.3, 0.4) is 0 Å². The number of carbonyl (C=O) groups excluding carboxylic acids is 2. The highest BCUT2D eigenvalue weighted by Crippen LogP contribution is 2.18. The smallest absolute Gasteiger partial charge is 0.471 e. The van der Waals surface area contributed by atoms with Crippen LogP contribution in [0.2, 0.25) is 0 Å². The number of hydrogen-bond acceptors (Lipinski definition) is 3. The minimum absolute atomic E-state index is 0.471. The molecule has 0 aliphatic heterocycles. The molecule has 0 aliphatic rings. The van der Waals surface area contributed by atoms with Crippen LogP contribution in [0.25, 0.3) is 0 Å². The highest BCUT2D eigenvalue weighted by Gasteiger charge is 2.39. The SMILES string of the molecule is O=C(NC(=O)C(F)(F)F)c1ccc(F)c(O)c1. The summed E-state index contributed by atoms with van der Waals surface area (Å²) in [5.41, 5.74) is -0.471. The summed E-state index contributed by atoms with van der Waals surface area (Å²) in [5, 5.41) is 9.93. The molecule has 0 heterocycles. The van der Waals surface area contributed by atoms with Crippen LogP contribution in [0, 0.1) is 5.82 Å². The Balaban J connectivity index is 2.84. The maximum atomic E-state index is 12.6. The number of benzene rings is 1. The first-order valence-electron chi connectivity index (χ1n) is 4.13. The first kappa shape index (κ1) is 12.9. The molecule has 1 aromatic carbocycles. The quantitative estimate of drug-likeness (QED) is 0.740. The van der Waals surface area contributed by atoms with Gasteiger partial charge >= 0.3 is 12.1 Å². The molecule has 0 spiro atoms. The number of carbonyl (C=O) groups is 2. The molecule has 0 unspecified atom stereocenters. The Morgan fingerprint density at radius 2 is 1.82 bits per heavy atom. The van der Waals surface area contributed by atoms with Gasteiger partial charge in [-0.3, -0.25) is 14.9 Å². The molecule has 1 rings (SSSR count). The Morgan fingerprint density at radius 3 is 2.29 bits per heavy atom. The lowest BCUT2D eigenvalue weighted by Gasteiger charge is -2.07. The summed E-state index contributed by atoms with van der Waals surface area (Å²) >= 11 is 0. The number of hydrogen-bond donors (Lipinski definition) is 2. The second-order valence-corrected chi connectivity index (χ2v) is 2.95. The van der Waals surface area contributed by atoms with Gasteiger partial charge in [0.05, 0.1) is 0 Å². The van der Waals surface area contributed by atoms with Crippen molar-refractivity contribution < 1.29 is 32.3 Å². The number of halogens is 4. The molecule has 17 heavy (non-hydrogen) atoms.